The Kier molecular flexibility index (Phi) is 3.32. The van der Waals surface area contributed by atoms with E-state index in [1.807, 2.05) is 18.2 Å². The van der Waals surface area contributed by atoms with Gasteiger partial charge in [-0.3, -0.25) is 0 Å². The van der Waals surface area contributed by atoms with Crippen LogP contribution in [0.2, 0.25) is 0 Å². The number of halogens is 2. The number of hydrogen-bond donors (Lipinski definition) is 1. The number of benzene rings is 1. The first-order chi connectivity index (χ1) is 5.67. The molecule has 1 aromatic carbocycles. The van der Waals surface area contributed by atoms with Crippen LogP contribution in [0, 0.1) is 0 Å². The third-order valence-corrected chi connectivity index (χ3v) is 2.07. The van der Waals surface area contributed by atoms with Gasteiger partial charge in [-0.2, -0.15) is 0 Å². The van der Waals surface area contributed by atoms with Crippen molar-refractivity contribution in [3.05, 3.63) is 35.9 Å². The minimum Gasteiger partial charge on any atom is -0.339 e. The van der Waals surface area contributed by atoms with Crippen LogP contribution >= 0.6 is 35.4 Å². The van der Waals surface area contributed by atoms with Gasteiger partial charge in [0.2, 0.25) is 4.46 Å². The molecular formula is C8H6Cl2NS. The normalized spacial score (nSPS) is 10.8. The lowest BCUT2D eigenvalue weighted by Crippen LogP contribution is -2.29. The van der Waals surface area contributed by atoms with Crippen molar-refractivity contribution < 1.29 is 0 Å². The van der Waals surface area contributed by atoms with Gasteiger partial charge in [0.15, 0.2) is 0 Å². The fourth-order valence-corrected chi connectivity index (χ4v) is 1.40. The molecule has 0 atom stereocenters. The van der Waals surface area contributed by atoms with Gasteiger partial charge in [0.1, 0.15) is 5.49 Å². The first kappa shape index (κ1) is 9.78. The predicted octanol–water partition coefficient (Wildman–Crippen LogP) is 2.70. The predicted molar refractivity (Wildman–Crippen MR) is 55.6 cm³/mol. The van der Waals surface area contributed by atoms with Crippen LogP contribution in [0.1, 0.15) is 5.56 Å². The molecule has 0 aliphatic heterocycles. The standard InChI is InChI=1S/C8H6Cl2NS/c9-8(10,11-6-12)7-4-2-1-3-5-7/h1-5H,(H,11,12). The molecule has 1 radical (unpaired) electrons. The number of thiocarbonyl (C=S) groups is 1. The van der Waals surface area contributed by atoms with E-state index in [2.05, 4.69) is 23.0 Å². The zero-order valence-corrected chi connectivity index (χ0v) is 8.38. The summed E-state index contributed by atoms with van der Waals surface area (Å²) >= 11 is 16.2. The minimum atomic E-state index is -1.18. The molecule has 0 aliphatic rings. The summed E-state index contributed by atoms with van der Waals surface area (Å²) in [5, 5.41) is 2.53. The summed E-state index contributed by atoms with van der Waals surface area (Å²) in [4.78, 5) is 0. The van der Waals surface area contributed by atoms with Crippen molar-refractivity contribution in [2.45, 2.75) is 4.46 Å². The summed E-state index contributed by atoms with van der Waals surface area (Å²) in [7, 11) is 0. The topological polar surface area (TPSA) is 12.0 Å². The van der Waals surface area contributed by atoms with E-state index in [9.17, 15) is 0 Å². The van der Waals surface area contributed by atoms with Crippen LogP contribution in [-0.4, -0.2) is 5.49 Å². The molecule has 0 heterocycles. The Morgan fingerprint density at radius 3 is 2.33 bits per heavy atom. The molecule has 0 saturated carbocycles. The molecule has 1 N–H and O–H groups in total. The first-order valence-corrected chi connectivity index (χ1v) is 4.41. The van der Waals surface area contributed by atoms with Crippen LogP contribution in [-0.2, 0) is 4.46 Å². The zero-order valence-electron chi connectivity index (χ0n) is 6.05. The van der Waals surface area contributed by atoms with Crippen molar-refractivity contribution >= 4 is 40.9 Å². The smallest absolute Gasteiger partial charge is 0.215 e. The molecule has 0 aromatic heterocycles. The molecule has 0 bridgehead atoms. The van der Waals surface area contributed by atoms with Crippen LogP contribution in [0.15, 0.2) is 30.3 Å². The van der Waals surface area contributed by atoms with Gasteiger partial charge < -0.3 is 5.32 Å². The van der Waals surface area contributed by atoms with Crippen molar-refractivity contribution in [3.8, 4) is 0 Å². The Morgan fingerprint density at radius 2 is 1.83 bits per heavy atom. The summed E-state index contributed by atoms with van der Waals surface area (Å²) in [5.41, 5.74) is 3.02. The van der Waals surface area contributed by atoms with Crippen molar-refractivity contribution in [3.63, 3.8) is 0 Å². The Bertz CT molecular complexity index is 261. The third-order valence-electron chi connectivity index (χ3n) is 1.34. The molecule has 0 spiro atoms. The van der Waals surface area contributed by atoms with E-state index in [0.717, 1.165) is 5.56 Å². The van der Waals surface area contributed by atoms with Gasteiger partial charge in [0, 0.05) is 5.56 Å². The van der Waals surface area contributed by atoms with Gasteiger partial charge in [-0.1, -0.05) is 65.8 Å². The molecule has 1 rings (SSSR count). The van der Waals surface area contributed by atoms with E-state index in [1.165, 1.54) is 0 Å². The summed E-state index contributed by atoms with van der Waals surface area (Å²) in [5.74, 6) is 0. The molecule has 0 saturated heterocycles. The molecular weight excluding hydrogens is 213 g/mol. The minimum absolute atomic E-state index is 0.741. The third kappa shape index (κ3) is 2.34. The van der Waals surface area contributed by atoms with Crippen molar-refractivity contribution in [2.24, 2.45) is 0 Å². The summed E-state index contributed by atoms with van der Waals surface area (Å²) < 4.78 is -1.18. The van der Waals surface area contributed by atoms with Gasteiger partial charge in [-0.15, -0.1) is 0 Å². The molecule has 0 aliphatic carbocycles. The van der Waals surface area contributed by atoms with E-state index < -0.39 is 4.46 Å². The van der Waals surface area contributed by atoms with Crippen LogP contribution in [0.4, 0.5) is 0 Å². The second-order valence-electron chi connectivity index (χ2n) is 2.17. The molecule has 1 aromatic rings. The van der Waals surface area contributed by atoms with E-state index in [0.29, 0.717) is 0 Å². The SMILES string of the molecule is S=[C]NC(Cl)(Cl)c1ccccc1. The summed E-state index contributed by atoms with van der Waals surface area (Å²) in [6, 6.07) is 9.19. The fourth-order valence-electron chi connectivity index (χ4n) is 0.784. The van der Waals surface area contributed by atoms with Gasteiger partial charge >= 0.3 is 0 Å². The Hall–Kier alpha value is -0.310. The quantitative estimate of drug-likeness (QED) is 0.363. The maximum absolute atomic E-state index is 5.89. The highest BCUT2D eigenvalue weighted by atomic mass is 35.5. The number of hydrogen-bond acceptors (Lipinski definition) is 1. The molecule has 4 heteroatoms. The van der Waals surface area contributed by atoms with E-state index in [4.69, 9.17) is 23.2 Å². The molecule has 63 valence electrons. The lowest BCUT2D eigenvalue weighted by molar-refractivity contribution is 0.811. The Balaban J connectivity index is 2.89. The summed E-state index contributed by atoms with van der Waals surface area (Å²) in [6.45, 7) is 0. The average Bonchev–Trinajstić information content (AvgIpc) is 2.06. The van der Waals surface area contributed by atoms with Crippen molar-refractivity contribution in [1.29, 1.82) is 0 Å². The highest BCUT2D eigenvalue weighted by molar-refractivity contribution is 7.78. The first-order valence-electron chi connectivity index (χ1n) is 3.24. The highest BCUT2D eigenvalue weighted by Gasteiger charge is 2.24. The molecule has 0 fully saturated rings. The maximum atomic E-state index is 5.89. The Morgan fingerprint density at radius 1 is 1.25 bits per heavy atom. The van der Waals surface area contributed by atoms with E-state index in [1.54, 1.807) is 12.1 Å². The zero-order chi connectivity index (χ0) is 9.03. The molecule has 1 nitrogen and oxygen atoms in total. The molecule has 0 amide bonds. The van der Waals surface area contributed by atoms with Gasteiger partial charge in [0.25, 0.3) is 0 Å². The van der Waals surface area contributed by atoms with Gasteiger partial charge in [-0.05, 0) is 0 Å². The largest absolute Gasteiger partial charge is 0.339 e. The second-order valence-corrected chi connectivity index (χ2v) is 3.70. The van der Waals surface area contributed by atoms with Crippen LogP contribution < -0.4 is 5.32 Å². The number of rotatable bonds is 3. The average molecular weight is 219 g/mol. The molecule has 12 heavy (non-hydrogen) atoms. The lowest BCUT2D eigenvalue weighted by atomic mass is 10.2. The summed E-state index contributed by atoms with van der Waals surface area (Å²) in [6.07, 6.45) is 0. The monoisotopic (exact) mass is 218 g/mol. The van der Waals surface area contributed by atoms with Crippen molar-refractivity contribution in [2.75, 3.05) is 0 Å². The van der Waals surface area contributed by atoms with E-state index in [-0.39, 0.29) is 0 Å². The van der Waals surface area contributed by atoms with Gasteiger partial charge in [0.05, 0.1) is 0 Å². The lowest BCUT2D eigenvalue weighted by Gasteiger charge is -2.18. The van der Waals surface area contributed by atoms with Crippen LogP contribution in [0.25, 0.3) is 0 Å². The van der Waals surface area contributed by atoms with Crippen LogP contribution in [0.3, 0.4) is 0 Å². The van der Waals surface area contributed by atoms with E-state index >= 15 is 0 Å². The second kappa shape index (κ2) is 4.08. The maximum Gasteiger partial charge on any atom is 0.215 e. The molecule has 0 unspecified atom stereocenters. The number of nitrogens with one attached hydrogen (secondary N) is 1. The fraction of sp³-hybridized carbons (Fsp3) is 0.125. The van der Waals surface area contributed by atoms with Crippen LogP contribution in [0.5, 0.6) is 0 Å². The van der Waals surface area contributed by atoms with Gasteiger partial charge in [-0.25, -0.2) is 0 Å². The Labute approximate surface area is 86.7 Å². The number of alkyl halides is 2. The van der Waals surface area contributed by atoms with Crippen molar-refractivity contribution in [1.82, 2.24) is 5.32 Å². The highest BCUT2D eigenvalue weighted by Crippen LogP contribution is 2.29.